The quantitative estimate of drug-likeness (QED) is 0.894. The van der Waals surface area contributed by atoms with E-state index in [1.165, 1.54) is 22.9 Å². The molecular weight excluding hydrogens is 252 g/mol. The number of amides is 1. The summed E-state index contributed by atoms with van der Waals surface area (Å²) in [5.41, 5.74) is 1.36. The van der Waals surface area contributed by atoms with Crippen LogP contribution in [-0.4, -0.2) is 23.0 Å². The Hall–Kier alpha value is -1.79. The van der Waals surface area contributed by atoms with Crippen LogP contribution in [0.1, 0.15) is 11.7 Å². The van der Waals surface area contributed by atoms with E-state index in [2.05, 4.69) is 4.98 Å². The first-order valence-electron chi connectivity index (χ1n) is 5.34. The molecule has 92 valence electrons. The van der Waals surface area contributed by atoms with Crippen LogP contribution < -0.4 is 4.90 Å². The average molecular weight is 262 g/mol. The fourth-order valence-electron chi connectivity index (χ4n) is 1.91. The Morgan fingerprint density at radius 1 is 1.50 bits per heavy atom. The number of oxazole rings is 1. The number of hydrogen-bond donors (Lipinski definition) is 1. The first-order chi connectivity index (χ1) is 8.66. The second-order valence-electron chi connectivity index (χ2n) is 3.92. The second kappa shape index (κ2) is 4.15. The highest BCUT2D eigenvalue weighted by molar-refractivity contribution is 7.99. The summed E-state index contributed by atoms with van der Waals surface area (Å²) >= 11 is 1.37. The summed E-state index contributed by atoms with van der Waals surface area (Å²) in [6, 6.07) is 5.44. The van der Waals surface area contributed by atoms with Gasteiger partial charge in [-0.15, -0.1) is 0 Å². The second-order valence-corrected chi connectivity index (χ2v) is 4.95. The van der Waals surface area contributed by atoms with Crippen molar-refractivity contribution < 1.29 is 14.3 Å². The van der Waals surface area contributed by atoms with Gasteiger partial charge in [-0.2, -0.15) is 0 Å². The van der Waals surface area contributed by atoms with E-state index in [1.54, 1.807) is 19.3 Å². The highest BCUT2D eigenvalue weighted by Crippen LogP contribution is 2.38. The summed E-state index contributed by atoms with van der Waals surface area (Å²) < 4.78 is 5.15. The number of aliphatic hydroxyl groups is 1. The van der Waals surface area contributed by atoms with Crippen LogP contribution in [0.3, 0.4) is 0 Å². The third kappa shape index (κ3) is 1.70. The van der Waals surface area contributed by atoms with Crippen LogP contribution in [0.2, 0.25) is 0 Å². The number of fused-ring (bicyclic) bond motifs is 1. The molecule has 3 rings (SSSR count). The molecule has 2 heterocycles. The highest BCUT2D eigenvalue weighted by Gasteiger charge is 2.33. The standard InChI is InChI=1S/C12H10N2O3S/c1-14-9-6-7(18-12-13-4-5-17-12)2-3-8(9)10(15)11(14)16/h2-6,10,15H,1H3. The fraction of sp³-hybridized carbons (Fsp3) is 0.167. The number of nitrogens with zero attached hydrogens (tertiary/aromatic N) is 2. The molecule has 5 nitrogen and oxygen atoms in total. The lowest BCUT2D eigenvalue weighted by molar-refractivity contribution is -0.125. The van der Waals surface area contributed by atoms with Crippen molar-refractivity contribution in [1.29, 1.82) is 0 Å². The van der Waals surface area contributed by atoms with Crippen molar-refractivity contribution in [2.75, 3.05) is 11.9 Å². The van der Waals surface area contributed by atoms with Crippen LogP contribution in [-0.2, 0) is 4.79 Å². The SMILES string of the molecule is CN1C(=O)C(O)c2ccc(Sc3ncco3)cc21. The van der Waals surface area contributed by atoms with Crippen LogP contribution in [0, 0.1) is 0 Å². The van der Waals surface area contributed by atoms with E-state index in [0.717, 1.165) is 10.6 Å². The van der Waals surface area contributed by atoms with Crippen molar-refractivity contribution >= 4 is 23.4 Å². The van der Waals surface area contributed by atoms with Gasteiger partial charge in [0.1, 0.15) is 6.26 Å². The van der Waals surface area contributed by atoms with Gasteiger partial charge >= 0.3 is 0 Å². The van der Waals surface area contributed by atoms with E-state index >= 15 is 0 Å². The molecule has 1 N–H and O–H groups in total. The molecule has 1 atom stereocenters. The molecule has 1 unspecified atom stereocenters. The van der Waals surface area contributed by atoms with Crippen molar-refractivity contribution in [2.24, 2.45) is 0 Å². The number of carbonyl (C=O) groups is 1. The van der Waals surface area contributed by atoms with E-state index in [1.807, 2.05) is 12.1 Å². The van der Waals surface area contributed by atoms with E-state index in [-0.39, 0.29) is 5.91 Å². The molecule has 0 bridgehead atoms. The van der Waals surface area contributed by atoms with Crippen molar-refractivity contribution in [3.8, 4) is 0 Å². The Labute approximate surface area is 107 Å². The molecule has 18 heavy (non-hydrogen) atoms. The fourth-order valence-corrected chi connectivity index (χ4v) is 2.63. The summed E-state index contributed by atoms with van der Waals surface area (Å²) in [4.78, 5) is 18.0. The topological polar surface area (TPSA) is 66.6 Å². The summed E-state index contributed by atoms with van der Waals surface area (Å²) in [7, 11) is 1.65. The Morgan fingerprint density at radius 2 is 2.33 bits per heavy atom. The molecule has 0 fully saturated rings. The van der Waals surface area contributed by atoms with Gasteiger partial charge in [-0.3, -0.25) is 4.79 Å². The molecule has 0 saturated carbocycles. The normalized spacial score (nSPS) is 18.2. The molecule has 1 aromatic heterocycles. The Kier molecular flexibility index (Phi) is 2.61. The lowest BCUT2D eigenvalue weighted by atomic mass is 10.1. The summed E-state index contributed by atoms with van der Waals surface area (Å²) in [5, 5.41) is 10.3. The van der Waals surface area contributed by atoms with Crippen molar-refractivity contribution in [1.82, 2.24) is 4.98 Å². The van der Waals surface area contributed by atoms with E-state index < -0.39 is 6.10 Å². The monoisotopic (exact) mass is 262 g/mol. The van der Waals surface area contributed by atoms with Gasteiger partial charge in [0.15, 0.2) is 6.10 Å². The van der Waals surface area contributed by atoms with Gasteiger partial charge in [-0.1, -0.05) is 6.07 Å². The van der Waals surface area contributed by atoms with Crippen molar-refractivity contribution in [2.45, 2.75) is 16.2 Å². The third-order valence-corrected chi connectivity index (χ3v) is 3.70. The van der Waals surface area contributed by atoms with Crippen molar-refractivity contribution in [3.05, 3.63) is 36.2 Å². The number of anilines is 1. The number of carbonyl (C=O) groups excluding carboxylic acids is 1. The maximum absolute atomic E-state index is 11.6. The number of likely N-dealkylation sites (N-methyl/N-ethyl adjacent to an activating group) is 1. The molecule has 1 aromatic carbocycles. The van der Waals surface area contributed by atoms with Crippen LogP contribution >= 0.6 is 11.8 Å². The largest absolute Gasteiger partial charge is 0.440 e. The lowest BCUT2D eigenvalue weighted by Gasteiger charge is -2.10. The number of benzene rings is 1. The number of aliphatic hydroxyl groups excluding tert-OH is 1. The van der Waals surface area contributed by atoms with Gasteiger partial charge in [0.25, 0.3) is 11.1 Å². The van der Waals surface area contributed by atoms with Crippen LogP contribution in [0.4, 0.5) is 5.69 Å². The smallest absolute Gasteiger partial charge is 0.260 e. The maximum Gasteiger partial charge on any atom is 0.260 e. The predicted molar refractivity (Wildman–Crippen MR) is 65.4 cm³/mol. The zero-order valence-electron chi connectivity index (χ0n) is 9.53. The molecule has 0 aliphatic carbocycles. The first kappa shape index (κ1) is 11.3. The molecule has 1 amide bonds. The molecule has 1 aliphatic rings. The van der Waals surface area contributed by atoms with Crippen LogP contribution in [0.15, 0.2) is 45.2 Å². The molecule has 6 heteroatoms. The van der Waals surface area contributed by atoms with Crippen LogP contribution in [0.25, 0.3) is 0 Å². The summed E-state index contributed by atoms with van der Waals surface area (Å²) in [6.45, 7) is 0. The van der Waals surface area contributed by atoms with Gasteiger partial charge in [-0.25, -0.2) is 4.98 Å². The zero-order chi connectivity index (χ0) is 12.7. The minimum Gasteiger partial charge on any atom is -0.440 e. The first-order valence-corrected chi connectivity index (χ1v) is 6.15. The Morgan fingerprint density at radius 3 is 3.06 bits per heavy atom. The summed E-state index contributed by atoms with van der Waals surface area (Å²) in [5.74, 6) is -0.303. The van der Waals surface area contributed by atoms with Gasteiger partial charge in [0.2, 0.25) is 0 Å². The number of rotatable bonds is 2. The molecule has 2 aromatic rings. The van der Waals surface area contributed by atoms with Gasteiger partial charge < -0.3 is 14.4 Å². The minimum atomic E-state index is -1.05. The predicted octanol–water partition coefficient (Wildman–Crippen LogP) is 1.84. The minimum absolute atomic E-state index is 0.303. The van der Waals surface area contributed by atoms with Crippen LogP contribution in [0.5, 0.6) is 0 Å². The van der Waals surface area contributed by atoms with E-state index in [0.29, 0.717) is 10.8 Å². The zero-order valence-corrected chi connectivity index (χ0v) is 10.3. The molecule has 1 aliphatic heterocycles. The summed E-state index contributed by atoms with van der Waals surface area (Å²) in [6.07, 6.45) is 2.04. The number of aromatic nitrogens is 1. The number of hydrogen-bond acceptors (Lipinski definition) is 5. The Balaban J connectivity index is 1.95. The molecular formula is C12H10N2O3S. The third-order valence-electron chi connectivity index (χ3n) is 2.84. The highest BCUT2D eigenvalue weighted by atomic mass is 32.2. The molecule has 0 saturated heterocycles. The average Bonchev–Trinajstić information content (AvgIpc) is 2.95. The molecule has 0 spiro atoms. The van der Waals surface area contributed by atoms with Crippen molar-refractivity contribution in [3.63, 3.8) is 0 Å². The Bertz CT molecular complexity index is 597. The molecule has 0 radical (unpaired) electrons. The van der Waals surface area contributed by atoms with Gasteiger partial charge in [0.05, 0.1) is 11.9 Å². The van der Waals surface area contributed by atoms with Gasteiger partial charge in [-0.05, 0) is 23.9 Å². The van der Waals surface area contributed by atoms with Gasteiger partial charge in [0, 0.05) is 17.5 Å². The van der Waals surface area contributed by atoms with E-state index in [4.69, 9.17) is 4.42 Å². The maximum atomic E-state index is 11.6. The van der Waals surface area contributed by atoms with E-state index in [9.17, 15) is 9.90 Å². The lowest BCUT2D eigenvalue weighted by Crippen LogP contribution is -2.23.